The summed E-state index contributed by atoms with van der Waals surface area (Å²) in [6.45, 7) is 7.88. The van der Waals surface area contributed by atoms with E-state index in [1.54, 1.807) is 12.1 Å². The lowest BCUT2D eigenvalue weighted by Gasteiger charge is -2.36. The van der Waals surface area contributed by atoms with Crippen LogP contribution in [0.1, 0.15) is 51.9 Å². The summed E-state index contributed by atoms with van der Waals surface area (Å²) in [6, 6.07) is 13.6. The highest BCUT2D eigenvalue weighted by Crippen LogP contribution is 2.34. The van der Waals surface area contributed by atoms with Crippen LogP contribution in [-0.2, 0) is 11.3 Å². The molecule has 2 unspecified atom stereocenters. The molecule has 1 saturated carbocycles. The number of nitrogens with one attached hydrogen (secondary N) is 2. The molecule has 242 valence electrons. The molecule has 2 atom stereocenters. The first kappa shape index (κ1) is 34.8. The van der Waals surface area contributed by atoms with Gasteiger partial charge in [-0.15, -0.1) is 12.4 Å². The summed E-state index contributed by atoms with van der Waals surface area (Å²) in [5.74, 6) is -1.14. The predicted molar refractivity (Wildman–Crippen MR) is 178 cm³/mol. The van der Waals surface area contributed by atoms with Crippen molar-refractivity contribution in [3.05, 3.63) is 92.2 Å². The molecule has 3 aromatic rings. The van der Waals surface area contributed by atoms with Gasteiger partial charge in [0.25, 0.3) is 5.91 Å². The Hall–Kier alpha value is -3.04. The van der Waals surface area contributed by atoms with Crippen LogP contribution >= 0.6 is 35.6 Å². The number of hydrogen-bond donors (Lipinski definition) is 2. The van der Waals surface area contributed by atoms with Gasteiger partial charge in [-0.2, -0.15) is 0 Å². The SMILES string of the molecule is Cc1cc(Cl)c(OCCOc2ccc(C(=O)NC3CCNCC3C(=O)N(Cc3cccc(C)c3C)C3CC3)cc2F)c(Cl)c1.Cl. The molecule has 1 saturated heterocycles. The smallest absolute Gasteiger partial charge is 0.251 e. The Bertz CT molecular complexity index is 1510. The molecule has 7 nitrogen and oxygen atoms in total. The summed E-state index contributed by atoms with van der Waals surface area (Å²) >= 11 is 12.4. The number of benzene rings is 3. The molecule has 1 aliphatic heterocycles. The van der Waals surface area contributed by atoms with E-state index in [1.165, 1.54) is 23.3 Å². The van der Waals surface area contributed by atoms with Crippen molar-refractivity contribution in [1.29, 1.82) is 0 Å². The molecule has 2 aliphatic rings. The Morgan fingerprint density at radius 1 is 1.00 bits per heavy atom. The zero-order valence-corrected chi connectivity index (χ0v) is 28.0. The van der Waals surface area contributed by atoms with E-state index in [0.29, 0.717) is 41.8 Å². The van der Waals surface area contributed by atoms with Crippen molar-refractivity contribution in [2.45, 2.75) is 58.7 Å². The van der Waals surface area contributed by atoms with Crippen LogP contribution in [0, 0.1) is 32.5 Å². The second-order valence-corrected chi connectivity index (χ2v) is 12.4. The molecule has 0 bridgehead atoms. The second-order valence-electron chi connectivity index (χ2n) is 11.6. The number of amides is 2. The minimum atomic E-state index is -0.671. The van der Waals surface area contributed by atoms with Gasteiger partial charge in [0.2, 0.25) is 5.91 Å². The van der Waals surface area contributed by atoms with Crippen LogP contribution in [0.4, 0.5) is 4.39 Å². The number of hydrogen-bond acceptors (Lipinski definition) is 5. The Balaban J connectivity index is 0.00000461. The van der Waals surface area contributed by atoms with Crippen LogP contribution in [0.25, 0.3) is 0 Å². The lowest BCUT2D eigenvalue weighted by atomic mass is 9.91. The number of halogens is 4. The summed E-state index contributed by atoms with van der Waals surface area (Å²) in [5.41, 5.74) is 4.60. The molecule has 2 fully saturated rings. The van der Waals surface area contributed by atoms with Crippen LogP contribution < -0.4 is 20.1 Å². The minimum absolute atomic E-state index is 0. The zero-order valence-electron chi connectivity index (χ0n) is 25.6. The Morgan fingerprint density at radius 3 is 2.40 bits per heavy atom. The molecular formula is C34H39Cl3FN3O4. The number of carbonyl (C=O) groups is 2. The molecule has 2 amide bonds. The second kappa shape index (κ2) is 15.5. The molecule has 0 aromatic heterocycles. The third-order valence-electron chi connectivity index (χ3n) is 8.37. The maximum absolute atomic E-state index is 14.9. The van der Waals surface area contributed by atoms with Crippen molar-refractivity contribution in [1.82, 2.24) is 15.5 Å². The number of rotatable bonds is 11. The summed E-state index contributed by atoms with van der Waals surface area (Å²) in [4.78, 5) is 29.1. The molecule has 1 heterocycles. The number of piperidine rings is 1. The summed E-state index contributed by atoms with van der Waals surface area (Å²) < 4.78 is 26.1. The molecular weight excluding hydrogens is 640 g/mol. The van der Waals surface area contributed by atoms with Gasteiger partial charge in [0, 0.05) is 30.7 Å². The first-order chi connectivity index (χ1) is 21.1. The van der Waals surface area contributed by atoms with Gasteiger partial charge in [0.1, 0.15) is 13.2 Å². The lowest BCUT2D eigenvalue weighted by Crippen LogP contribution is -2.55. The molecule has 11 heteroatoms. The van der Waals surface area contributed by atoms with Crippen molar-refractivity contribution in [2.24, 2.45) is 5.92 Å². The van der Waals surface area contributed by atoms with Gasteiger partial charge < -0.3 is 25.0 Å². The Kier molecular flexibility index (Phi) is 12.0. The monoisotopic (exact) mass is 677 g/mol. The molecule has 5 rings (SSSR count). The van der Waals surface area contributed by atoms with Crippen molar-refractivity contribution in [3.8, 4) is 11.5 Å². The van der Waals surface area contributed by atoms with E-state index >= 15 is 0 Å². The lowest BCUT2D eigenvalue weighted by molar-refractivity contribution is -0.138. The first-order valence-electron chi connectivity index (χ1n) is 15.0. The van der Waals surface area contributed by atoms with Gasteiger partial charge in [-0.3, -0.25) is 9.59 Å². The van der Waals surface area contributed by atoms with Gasteiger partial charge in [-0.1, -0.05) is 41.4 Å². The first-order valence-corrected chi connectivity index (χ1v) is 15.8. The van der Waals surface area contributed by atoms with E-state index in [4.69, 9.17) is 32.7 Å². The van der Waals surface area contributed by atoms with Crippen LogP contribution in [0.5, 0.6) is 11.5 Å². The van der Waals surface area contributed by atoms with Crippen LogP contribution in [0.15, 0.2) is 48.5 Å². The van der Waals surface area contributed by atoms with E-state index in [0.717, 1.165) is 30.0 Å². The van der Waals surface area contributed by atoms with Crippen molar-refractivity contribution < 1.29 is 23.5 Å². The topological polar surface area (TPSA) is 79.9 Å². The van der Waals surface area contributed by atoms with E-state index < -0.39 is 17.6 Å². The molecule has 1 aliphatic carbocycles. The van der Waals surface area contributed by atoms with Gasteiger partial charge in [-0.25, -0.2) is 4.39 Å². The third kappa shape index (κ3) is 8.61. The van der Waals surface area contributed by atoms with Crippen molar-refractivity contribution in [3.63, 3.8) is 0 Å². The van der Waals surface area contributed by atoms with Crippen molar-refractivity contribution in [2.75, 3.05) is 26.3 Å². The fourth-order valence-electron chi connectivity index (χ4n) is 5.57. The fraction of sp³-hybridized carbons (Fsp3) is 0.412. The normalized spacial score (nSPS) is 17.6. The number of ether oxygens (including phenoxy) is 2. The minimum Gasteiger partial charge on any atom is -0.487 e. The molecule has 0 radical (unpaired) electrons. The average molecular weight is 679 g/mol. The Morgan fingerprint density at radius 2 is 1.71 bits per heavy atom. The van der Waals surface area contributed by atoms with E-state index in [-0.39, 0.29) is 54.9 Å². The molecule has 45 heavy (non-hydrogen) atoms. The summed E-state index contributed by atoms with van der Waals surface area (Å²) in [5, 5.41) is 7.10. The number of carbonyl (C=O) groups excluding carboxylic acids is 2. The number of nitrogens with zero attached hydrogens (tertiary/aromatic N) is 1. The summed E-state index contributed by atoms with van der Waals surface area (Å²) in [7, 11) is 0. The summed E-state index contributed by atoms with van der Waals surface area (Å²) in [6.07, 6.45) is 2.57. The zero-order chi connectivity index (χ0) is 31.4. The van der Waals surface area contributed by atoms with Gasteiger partial charge in [-0.05, 0) is 99.2 Å². The predicted octanol–water partition coefficient (Wildman–Crippen LogP) is 6.84. The number of aryl methyl sites for hydroxylation is 2. The fourth-order valence-corrected chi connectivity index (χ4v) is 6.28. The van der Waals surface area contributed by atoms with Gasteiger partial charge >= 0.3 is 0 Å². The maximum Gasteiger partial charge on any atom is 0.251 e. The Labute approximate surface area is 280 Å². The van der Waals surface area contributed by atoms with Gasteiger partial charge in [0.15, 0.2) is 17.3 Å². The molecule has 0 spiro atoms. The highest BCUT2D eigenvalue weighted by atomic mass is 35.5. The van der Waals surface area contributed by atoms with Crippen molar-refractivity contribution >= 4 is 47.4 Å². The standard InChI is InChI=1S/C34H38Cl2FN3O4.ClH/c1-20-15-27(35)32(28(36)16-20)44-14-13-43-31-10-7-23(17-29(31)37)33(41)39-30-11-12-38-18-26(30)34(42)40(25-8-9-25)19-24-6-4-5-21(2)22(24)3;/h4-7,10,15-17,25-26,30,38H,8-9,11-14,18-19H2,1-3H3,(H,39,41);1H. The van der Waals surface area contributed by atoms with E-state index in [9.17, 15) is 14.0 Å². The third-order valence-corrected chi connectivity index (χ3v) is 8.93. The molecule has 2 N–H and O–H groups in total. The van der Waals surface area contributed by atoms with Crippen LogP contribution in [0.3, 0.4) is 0 Å². The highest BCUT2D eigenvalue weighted by molar-refractivity contribution is 6.37. The average Bonchev–Trinajstić information content (AvgIpc) is 3.83. The maximum atomic E-state index is 14.9. The molecule has 3 aromatic carbocycles. The van der Waals surface area contributed by atoms with Crippen LogP contribution in [0.2, 0.25) is 10.0 Å². The largest absolute Gasteiger partial charge is 0.487 e. The quantitative estimate of drug-likeness (QED) is 0.217. The van der Waals surface area contributed by atoms with Crippen LogP contribution in [-0.4, -0.2) is 55.1 Å². The van der Waals surface area contributed by atoms with E-state index in [2.05, 4.69) is 36.6 Å². The van der Waals surface area contributed by atoms with E-state index in [1.807, 2.05) is 17.9 Å². The van der Waals surface area contributed by atoms with Gasteiger partial charge in [0.05, 0.1) is 16.0 Å². The highest BCUT2D eigenvalue weighted by Gasteiger charge is 2.40.